The average molecular weight is 363 g/mol. The third-order valence-electron chi connectivity index (χ3n) is 3.71. The predicted octanol–water partition coefficient (Wildman–Crippen LogP) is 4.50. The fourth-order valence-corrected chi connectivity index (χ4v) is 2.92. The Labute approximate surface area is 155 Å². The third-order valence-corrected chi connectivity index (χ3v) is 5.10. The summed E-state index contributed by atoms with van der Waals surface area (Å²) in [6, 6.07) is 10.3. The van der Waals surface area contributed by atoms with Gasteiger partial charge >= 0.3 is 0 Å². The van der Waals surface area contributed by atoms with Crippen LogP contribution < -0.4 is 5.73 Å². The molecule has 0 unspecified atom stereocenters. The predicted molar refractivity (Wildman–Crippen MR) is 108 cm³/mol. The second-order valence-corrected chi connectivity index (χ2v) is 9.29. The van der Waals surface area contributed by atoms with Crippen LogP contribution in [0.5, 0.6) is 0 Å². The van der Waals surface area contributed by atoms with E-state index in [9.17, 15) is 9.90 Å². The summed E-state index contributed by atoms with van der Waals surface area (Å²) in [7, 11) is 0. The van der Waals surface area contributed by atoms with Crippen LogP contribution in [-0.4, -0.2) is 27.3 Å². The largest absolute Gasteiger partial charge is 0.512 e. The van der Waals surface area contributed by atoms with E-state index in [0.717, 1.165) is 18.6 Å². The monoisotopic (exact) mass is 362 g/mol. The fraction of sp³-hybridized carbons (Fsp3) is 0.500. The molecule has 1 rings (SSSR count). The van der Waals surface area contributed by atoms with Gasteiger partial charge in [-0.05, 0) is 38.0 Å². The van der Waals surface area contributed by atoms with Crippen LogP contribution in [0.25, 0.3) is 0 Å². The maximum Gasteiger partial charge on any atom is 0.263 e. The highest BCUT2D eigenvalue weighted by Crippen LogP contribution is 2.27. The smallest absolute Gasteiger partial charge is 0.263 e. The van der Waals surface area contributed by atoms with Crippen LogP contribution in [0.2, 0.25) is 0 Å². The van der Waals surface area contributed by atoms with Crippen molar-refractivity contribution in [3.63, 3.8) is 0 Å². The van der Waals surface area contributed by atoms with Crippen molar-refractivity contribution in [3.8, 4) is 0 Å². The lowest BCUT2D eigenvalue weighted by Gasteiger charge is -2.20. The minimum absolute atomic E-state index is 0.0374. The first-order valence-corrected chi connectivity index (χ1v) is 9.48. The second kappa shape index (κ2) is 9.09. The number of hydrogen-bond donors (Lipinski definition) is 2. The Morgan fingerprint density at radius 2 is 1.80 bits per heavy atom. The first-order chi connectivity index (χ1) is 11.5. The van der Waals surface area contributed by atoms with E-state index in [0.29, 0.717) is 0 Å². The van der Waals surface area contributed by atoms with Crippen molar-refractivity contribution in [1.29, 1.82) is 0 Å². The van der Waals surface area contributed by atoms with Crippen LogP contribution in [0.4, 0.5) is 0 Å². The number of rotatable bonds is 7. The maximum absolute atomic E-state index is 12.4. The first-order valence-electron chi connectivity index (χ1n) is 8.50. The van der Waals surface area contributed by atoms with E-state index in [2.05, 4.69) is 17.1 Å². The van der Waals surface area contributed by atoms with Gasteiger partial charge in [0.1, 0.15) is 11.6 Å². The number of carbonyl (C=O) groups excluding carboxylic acids is 1. The van der Waals surface area contributed by atoms with E-state index in [4.69, 9.17) is 5.73 Å². The van der Waals surface area contributed by atoms with Crippen molar-refractivity contribution >= 4 is 23.5 Å². The highest BCUT2D eigenvalue weighted by molar-refractivity contribution is 8.01. The van der Waals surface area contributed by atoms with Crippen molar-refractivity contribution in [1.82, 2.24) is 0 Å². The number of thioether (sulfide) groups is 1. The molecular formula is C20H30N2O2S. The molecule has 0 saturated heterocycles. The number of hydrogen-bond acceptors (Lipinski definition) is 3. The van der Waals surface area contributed by atoms with Crippen LogP contribution in [0, 0.1) is 5.41 Å². The summed E-state index contributed by atoms with van der Waals surface area (Å²) < 4.78 is -0.646. The van der Waals surface area contributed by atoms with Gasteiger partial charge in [-0.1, -0.05) is 51.1 Å². The van der Waals surface area contributed by atoms with E-state index >= 15 is 0 Å². The number of aliphatic hydroxyl groups excluding tert-OH is 1. The highest BCUT2D eigenvalue weighted by Gasteiger charge is 2.28. The Hall–Kier alpha value is -1.75. The van der Waals surface area contributed by atoms with Gasteiger partial charge in [0.2, 0.25) is 0 Å². The lowest BCUT2D eigenvalue weighted by Crippen LogP contribution is -2.29. The van der Waals surface area contributed by atoms with E-state index in [1.165, 1.54) is 11.6 Å². The molecule has 0 aromatic heterocycles. The number of aliphatic imine (C=N–C) groups is 1. The van der Waals surface area contributed by atoms with Gasteiger partial charge in [0.25, 0.3) is 5.91 Å². The van der Waals surface area contributed by atoms with Gasteiger partial charge in [0.05, 0.1) is 4.75 Å². The molecule has 1 aromatic carbocycles. The zero-order valence-electron chi connectivity index (χ0n) is 15.9. The minimum Gasteiger partial charge on any atom is -0.512 e. The molecule has 0 aliphatic rings. The molecule has 0 heterocycles. The molecule has 0 fully saturated rings. The first kappa shape index (κ1) is 21.3. The quantitative estimate of drug-likeness (QED) is 0.324. The molecule has 3 N–H and O–H groups in total. The standard InChI is InChI=1S/C20H30N2O2S/c1-19(2,3)16(23)14-17(21)22-18(24)20(4,5)25-13-9-12-15-10-7-6-8-11-15/h6-8,10-11,14,23H,9,12-13H2,1-5H3,(H2,21,22,24)/b16-14-. The molecule has 0 atom stereocenters. The van der Waals surface area contributed by atoms with Crippen molar-refractivity contribution in [2.45, 2.75) is 52.2 Å². The van der Waals surface area contributed by atoms with Crippen LogP contribution in [-0.2, 0) is 11.2 Å². The number of nitrogens with two attached hydrogens (primary N) is 1. The minimum atomic E-state index is -0.646. The zero-order valence-corrected chi connectivity index (χ0v) is 16.7. The van der Waals surface area contributed by atoms with Crippen LogP contribution in [0.1, 0.15) is 46.6 Å². The molecule has 1 amide bonds. The number of allylic oxidation sites excluding steroid dienone is 1. The number of aryl methyl sites for hydroxylation is 1. The van der Waals surface area contributed by atoms with E-state index in [1.54, 1.807) is 11.8 Å². The molecule has 1 aromatic rings. The second-order valence-electron chi connectivity index (χ2n) is 7.57. The zero-order chi connectivity index (χ0) is 19.1. The topological polar surface area (TPSA) is 75.7 Å². The number of amides is 1. The summed E-state index contributed by atoms with van der Waals surface area (Å²) in [5, 5.41) is 9.94. The molecule has 138 valence electrons. The number of aliphatic hydroxyl groups is 1. The van der Waals surface area contributed by atoms with Crippen molar-refractivity contribution < 1.29 is 9.90 Å². The number of amidine groups is 1. The Morgan fingerprint density at radius 3 is 2.36 bits per heavy atom. The van der Waals surface area contributed by atoms with Crippen LogP contribution >= 0.6 is 11.8 Å². The Kier molecular flexibility index (Phi) is 7.74. The summed E-state index contributed by atoms with van der Waals surface area (Å²) in [5.41, 5.74) is 6.66. The summed E-state index contributed by atoms with van der Waals surface area (Å²) >= 11 is 1.58. The highest BCUT2D eigenvalue weighted by atomic mass is 32.2. The summed E-state index contributed by atoms with van der Waals surface area (Å²) in [5.74, 6) is 0.726. The average Bonchev–Trinajstić information content (AvgIpc) is 2.51. The Morgan fingerprint density at radius 1 is 1.20 bits per heavy atom. The fourth-order valence-electron chi connectivity index (χ4n) is 1.95. The Balaban J connectivity index is 2.56. The molecule has 0 aliphatic carbocycles. The van der Waals surface area contributed by atoms with Crippen molar-refractivity contribution in [2.75, 3.05) is 5.75 Å². The van der Waals surface area contributed by atoms with Crippen LogP contribution in [0.3, 0.4) is 0 Å². The van der Waals surface area contributed by atoms with E-state index in [-0.39, 0.29) is 17.5 Å². The molecule has 0 radical (unpaired) electrons. The molecular weight excluding hydrogens is 332 g/mol. The van der Waals surface area contributed by atoms with Gasteiger partial charge < -0.3 is 10.8 Å². The molecule has 5 heteroatoms. The van der Waals surface area contributed by atoms with Gasteiger partial charge in [0.15, 0.2) is 0 Å². The normalized spacial score (nSPS) is 13.8. The lowest BCUT2D eigenvalue weighted by molar-refractivity contribution is -0.119. The molecule has 0 spiro atoms. The lowest BCUT2D eigenvalue weighted by atomic mass is 9.93. The summed E-state index contributed by atoms with van der Waals surface area (Å²) in [4.78, 5) is 16.3. The maximum atomic E-state index is 12.4. The number of nitrogens with zero attached hydrogens (tertiary/aromatic N) is 1. The third kappa shape index (κ3) is 7.78. The van der Waals surface area contributed by atoms with Crippen molar-refractivity contribution in [2.24, 2.45) is 16.1 Å². The molecule has 0 aliphatic heterocycles. The summed E-state index contributed by atoms with van der Waals surface area (Å²) in [6.07, 6.45) is 3.34. The van der Waals surface area contributed by atoms with E-state index in [1.807, 2.05) is 52.8 Å². The SMILES string of the molecule is CC(C)(SCCCc1ccccc1)C(=O)N=C(N)/C=C(\O)C(C)(C)C. The number of benzene rings is 1. The number of carbonyl (C=O) groups is 1. The van der Waals surface area contributed by atoms with Crippen molar-refractivity contribution in [3.05, 3.63) is 47.7 Å². The van der Waals surface area contributed by atoms with E-state index < -0.39 is 10.2 Å². The van der Waals surface area contributed by atoms with Gasteiger partial charge in [-0.3, -0.25) is 4.79 Å². The molecule has 4 nitrogen and oxygen atoms in total. The Bertz CT molecular complexity index is 629. The van der Waals surface area contributed by atoms with Gasteiger partial charge in [-0.15, -0.1) is 11.8 Å². The molecule has 25 heavy (non-hydrogen) atoms. The van der Waals surface area contributed by atoms with Gasteiger partial charge in [0, 0.05) is 11.5 Å². The molecule has 0 bridgehead atoms. The molecule has 0 saturated carbocycles. The summed E-state index contributed by atoms with van der Waals surface area (Å²) in [6.45, 7) is 9.29. The van der Waals surface area contributed by atoms with Crippen LogP contribution in [0.15, 0.2) is 47.2 Å². The van der Waals surface area contributed by atoms with Gasteiger partial charge in [-0.2, -0.15) is 4.99 Å². The van der Waals surface area contributed by atoms with Gasteiger partial charge in [-0.25, -0.2) is 0 Å².